The van der Waals surface area contributed by atoms with Gasteiger partial charge in [-0.15, -0.1) is 0 Å². The highest BCUT2D eigenvalue weighted by Gasteiger charge is 2.53. The molecule has 1 aromatic carbocycles. The fraction of sp³-hybridized carbons (Fsp3) is 0.667. The molecule has 0 bridgehead atoms. The molecule has 2 aliphatic heterocycles. The fourth-order valence-electron chi connectivity index (χ4n) is 4.20. The van der Waals surface area contributed by atoms with Crippen molar-refractivity contribution in [1.29, 1.82) is 0 Å². The van der Waals surface area contributed by atoms with Gasteiger partial charge in [-0.25, -0.2) is 4.79 Å². The lowest BCUT2D eigenvalue weighted by Gasteiger charge is -2.53. The van der Waals surface area contributed by atoms with Gasteiger partial charge in [0.1, 0.15) is 5.60 Å². The minimum Gasteiger partial charge on any atom is -0.444 e. The lowest BCUT2D eigenvalue weighted by atomic mass is 9.80. The second-order valence-electron chi connectivity index (χ2n) is 8.92. The van der Waals surface area contributed by atoms with E-state index in [1.807, 2.05) is 25.7 Å². The summed E-state index contributed by atoms with van der Waals surface area (Å²) in [7, 11) is 0. The first-order valence-corrected chi connectivity index (χ1v) is 9.79. The average Bonchev–Trinajstić information content (AvgIpc) is 3.38. The molecule has 5 nitrogen and oxygen atoms in total. The van der Waals surface area contributed by atoms with Crippen molar-refractivity contribution in [3.05, 3.63) is 35.9 Å². The predicted molar refractivity (Wildman–Crippen MR) is 100 cm³/mol. The van der Waals surface area contributed by atoms with Crippen LogP contribution >= 0.6 is 0 Å². The fourth-order valence-corrected chi connectivity index (χ4v) is 4.20. The molecule has 1 spiro atoms. The van der Waals surface area contributed by atoms with Crippen LogP contribution in [0.4, 0.5) is 4.79 Å². The quantitative estimate of drug-likeness (QED) is 0.901. The van der Waals surface area contributed by atoms with Gasteiger partial charge in [0.05, 0.1) is 18.2 Å². The molecular weight excluding hydrogens is 328 g/mol. The van der Waals surface area contributed by atoms with Gasteiger partial charge in [0, 0.05) is 25.0 Å². The lowest BCUT2D eigenvalue weighted by molar-refractivity contribution is -0.199. The molecule has 0 aromatic heterocycles. The van der Waals surface area contributed by atoms with Crippen LogP contribution in [0.3, 0.4) is 0 Å². The smallest absolute Gasteiger partial charge is 0.410 e. The first-order chi connectivity index (χ1) is 12.4. The molecule has 3 aliphatic rings. The van der Waals surface area contributed by atoms with Gasteiger partial charge in [-0.2, -0.15) is 0 Å². The van der Waals surface area contributed by atoms with Crippen molar-refractivity contribution in [2.45, 2.75) is 69.2 Å². The van der Waals surface area contributed by atoms with Crippen LogP contribution in [-0.4, -0.2) is 54.0 Å². The molecule has 5 heteroatoms. The molecule has 3 atom stereocenters. The third-order valence-corrected chi connectivity index (χ3v) is 5.87. The summed E-state index contributed by atoms with van der Waals surface area (Å²) in [6.07, 6.45) is 2.77. The van der Waals surface area contributed by atoms with Crippen molar-refractivity contribution in [3.63, 3.8) is 0 Å². The summed E-state index contributed by atoms with van der Waals surface area (Å²) in [6, 6.07) is 11.7. The Hall–Kier alpha value is -1.59. The number of carbonyl (C=O) groups is 1. The normalized spacial score (nSPS) is 30.0. The number of benzene rings is 1. The second kappa shape index (κ2) is 6.54. The van der Waals surface area contributed by atoms with Crippen LogP contribution in [0.1, 0.15) is 51.5 Å². The Morgan fingerprint density at radius 2 is 1.92 bits per heavy atom. The number of ether oxygens (including phenoxy) is 2. The van der Waals surface area contributed by atoms with Crippen molar-refractivity contribution in [1.82, 2.24) is 10.2 Å². The minimum atomic E-state index is -0.443. The first-order valence-electron chi connectivity index (χ1n) is 9.79. The number of rotatable bonds is 3. The standard InChI is InChI=1S/C21H30N2O3/c1-20(2,3)26-19(24)23-11-9-21(10-12-23)18(14-25-21)22-17-13-16(17)15-7-5-4-6-8-15/h4-8,16-18,22H,9-14H2,1-3H3/t16-,17+,18?/m0/s1. The summed E-state index contributed by atoms with van der Waals surface area (Å²) in [4.78, 5) is 14.1. The van der Waals surface area contributed by atoms with Gasteiger partial charge in [-0.1, -0.05) is 30.3 Å². The van der Waals surface area contributed by atoms with Crippen LogP contribution < -0.4 is 5.32 Å². The molecule has 1 amide bonds. The molecule has 1 N–H and O–H groups in total. The second-order valence-corrected chi connectivity index (χ2v) is 8.92. The van der Waals surface area contributed by atoms with E-state index in [0.29, 0.717) is 31.1 Å². The zero-order valence-corrected chi connectivity index (χ0v) is 16.0. The topological polar surface area (TPSA) is 50.8 Å². The van der Waals surface area contributed by atoms with Gasteiger partial charge < -0.3 is 19.7 Å². The molecule has 26 heavy (non-hydrogen) atoms. The summed E-state index contributed by atoms with van der Waals surface area (Å²) >= 11 is 0. The highest BCUT2D eigenvalue weighted by Crippen LogP contribution is 2.44. The van der Waals surface area contributed by atoms with Crippen molar-refractivity contribution < 1.29 is 14.3 Å². The van der Waals surface area contributed by atoms with Gasteiger partial charge >= 0.3 is 6.09 Å². The van der Waals surface area contributed by atoms with E-state index in [4.69, 9.17) is 9.47 Å². The van der Waals surface area contributed by atoms with E-state index in [-0.39, 0.29) is 11.7 Å². The Kier molecular flexibility index (Phi) is 4.48. The number of nitrogens with one attached hydrogen (secondary N) is 1. The number of amides is 1. The number of nitrogens with zero attached hydrogens (tertiary/aromatic N) is 1. The molecule has 2 saturated heterocycles. The number of carbonyl (C=O) groups excluding carboxylic acids is 1. The maximum Gasteiger partial charge on any atom is 0.410 e. The Balaban J connectivity index is 1.28. The number of hydrogen-bond acceptors (Lipinski definition) is 4. The van der Waals surface area contributed by atoms with E-state index in [0.717, 1.165) is 19.4 Å². The van der Waals surface area contributed by atoms with Crippen LogP contribution in [0.15, 0.2) is 30.3 Å². The number of hydrogen-bond donors (Lipinski definition) is 1. The largest absolute Gasteiger partial charge is 0.444 e. The Morgan fingerprint density at radius 3 is 2.50 bits per heavy atom. The summed E-state index contributed by atoms with van der Waals surface area (Å²) in [5.41, 5.74) is 0.892. The molecule has 4 rings (SSSR count). The summed E-state index contributed by atoms with van der Waals surface area (Å²) in [5.74, 6) is 0.635. The third kappa shape index (κ3) is 3.60. The molecule has 1 aromatic rings. The van der Waals surface area contributed by atoms with E-state index in [1.54, 1.807) is 0 Å². The summed E-state index contributed by atoms with van der Waals surface area (Å²) in [5, 5.41) is 3.82. The van der Waals surface area contributed by atoms with Gasteiger partial charge in [-0.05, 0) is 45.6 Å². The first kappa shape index (κ1) is 17.8. The van der Waals surface area contributed by atoms with Crippen LogP contribution in [0.5, 0.6) is 0 Å². The molecule has 142 valence electrons. The minimum absolute atomic E-state index is 0.0949. The average molecular weight is 358 g/mol. The molecule has 1 saturated carbocycles. The van der Waals surface area contributed by atoms with Gasteiger partial charge in [0.15, 0.2) is 0 Å². The van der Waals surface area contributed by atoms with Gasteiger partial charge in [0.2, 0.25) is 0 Å². The van der Waals surface area contributed by atoms with E-state index < -0.39 is 5.60 Å². The maximum absolute atomic E-state index is 12.2. The van der Waals surface area contributed by atoms with E-state index in [1.165, 1.54) is 12.0 Å². The molecule has 1 aliphatic carbocycles. The maximum atomic E-state index is 12.2. The van der Waals surface area contributed by atoms with Gasteiger partial charge in [-0.3, -0.25) is 0 Å². The highest BCUT2D eigenvalue weighted by atomic mass is 16.6. The third-order valence-electron chi connectivity index (χ3n) is 5.87. The SMILES string of the molecule is CC(C)(C)OC(=O)N1CCC2(CC1)OCC2N[C@@H]1C[C@H]1c1ccccc1. The molecule has 0 radical (unpaired) electrons. The van der Waals surface area contributed by atoms with Crippen molar-refractivity contribution in [2.24, 2.45) is 0 Å². The van der Waals surface area contributed by atoms with E-state index in [9.17, 15) is 4.79 Å². The van der Waals surface area contributed by atoms with Crippen LogP contribution in [0.25, 0.3) is 0 Å². The number of piperidine rings is 1. The molecule has 3 fully saturated rings. The van der Waals surface area contributed by atoms with Crippen LogP contribution in [0.2, 0.25) is 0 Å². The zero-order valence-electron chi connectivity index (χ0n) is 16.0. The monoisotopic (exact) mass is 358 g/mol. The Morgan fingerprint density at radius 1 is 1.23 bits per heavy atom. The zero-order chi connectivity index (χ0) is 18.4. The predicted octanol–water partition coefficient (Wildman–Crippen LogP) is 3.30. The van der Waals surface area contributed by atoms with Gasteiger partial charge in [0.25, 0.3) is 0 Å². The van der Waals surface area contributed by atoms with E-state index >= 15 is 0 Å². The summed E-state index contributed by atoms with van der Waals surface area (Å²) < 4.78 is 11.5. The lowest BCUT2D eigenvalue weighted by Crippen LogP contribution is -2.68. The molecule has 1 unspecified atom stereocenters. The van der Waals surface area contributed by atoms with E-state index in [2.05, 4.69) is 35.6 Å². The Bertz CT molecular complexity index is 647. The molecular formula is C21H30N2O3. The highest BCUT2D eigenvalue weighted by molar-refractivity contribution is 5.68. The van der Waals surface area contributed by atoms with Crippen molar-refractivity contribution in [3.8, 4) is 0 Å². The molecule has 2 heterocycles. The van der Waals surface area contributed by atoms with Crippen LogP contribution in [-0.2, 0) is 9.47 Å². The Labute approximate surface area is 156 Å². The number of likely N-dealkylation sites (tertiary alicyclic amines) is 1. The summed E-state index contributed by atoms with van der Waals surface area (Å²) in [6.45, 7) is 7.92. The van der Waals surface area contributed by atoms with Crippen molar-refractivity contribution >= 4 is 6.09 Å². The van der Waals surface area contributed by atoms with Crippen molar-refractivity contribution in [2.75, 3.05) is 19.7 Å². The van der Waals surface area contributed by atoms with Crippen LogP contribution in [0, 0.1) is 0 Å².